The lowest BCUT2D eigenvalue weighted by molar-refractivity contribution is -0.384. The molecule has 0 unspecified atom stereocenters. The van der Waals surface area contributed by atoms with Crippen LogP contribution in [0.2, 0.25) is 0 Å². The maximum Gasteiger partial charge on any atom is 0.294 e. The molecule has 1 heterocycles. The Morgan fingerprint density at radius 1 is 0.500 bits per heavy atom. The number of benzene rings is 4. The van der Waals surface area contributed by atoms with Gasteiger partial charge in [0.05, 0.1) is 54.8 Å². The van der Waals surface area contributed by atoms with E-state index in [2.05, 4.69) is 0 Å². The zero-order valence-electron chi connectivity index (χ0n) is 20.1. The second-order valence-electron chi connectivity index (χ2n) is 8.38. The van der Waals surface area contributed by atoms with Crippen LogP contribution >= 0.6 is 0 Å². The second kappa shape index (κ2) is 9.60. The zero-order valence-corrected chi connectivity index (χ0v) is 20.1. The van der Waals surface area contributed by atoms with E-state index in [0.717, 1.165) is 12.1 Å². The van der Waals surface area contributed by atoms with Gasteiger partial charge < -0.3 is 9.80 Å². The molecule has 4 aromatic rings. The molecule has 12 heteroatoms. The first kappa shape index (κ1) is 24.9. The Morgan fingerprint density at radius 2 is 0.775 bits per heavy atom. The Kier molecular flexibility index (Phi) is 5.98. The fourth-order valence-corrected chi connectivity index (χ4v) is 4.64. The number of nitro benzene ring substituents is 2. The molecule has 0 aliphatic carbocycles. The first-order chi connectivity index (χ1) is 19.3. The van der Waals surface area contributed by atoms with Crippen molar-refractivity contribution in [2.24, 2.45) is 0 Å². The summed E-state index contributed by atoms with van der Waals surface area (Å²) in [5, 5.41) is 62.5. The molecule has 0 fully saturated rings. The monoisotopic (exact) mass is 524 g/mol. The van der Waals surface area contributed by atoms with Crippen molar-refractivity contribution in [1.29, 1.82) is 21.0 Å². The lowest BCUT2D eigenvalue weighted by atomic mass is 10.00. The average Bonchev–Trinajstić information content (AvgIpc) is 2.98. The van der Waals surface area contributed by atoms with E-state index in [-0.39, 0.29) is 33.6 Å². The fourth-order valence-electron chi connectivity index (χ4n) is 4.64. The zero-order chi connectivity index (χ0) is 28.6. The minimum absolute atomic E-state index is 0.00661. The molecule has 0 N–H and O–H groups in total. The molecule has 0 amide bonds. The van der Waals surface area contributed by atoms with Crippen LogP contribution in [0.25, 0.3) is 0 Å². The third-order valence-electron chi connectivity index (χ3n) is 6.31. The van der Waals surface area contributed by atoms with E-state index in [1.165, 1.54) is 12.1 Å². The largest absolute Gasteiger partial charge is 0.300 e. The molecule has 0 atom stereocenters. The van der Waals surface area contributed by atoms with E-state index in [9.17, 15) is 41.3 Å². The quantitative estimate of drug-likeness (QED) is 0.192. The smallest absolute Gasteiger partial charge is 0.294 e. The molecule has 12 nitrogen and oxygen atoms in total. The number of hydrogen-bond donors (Lipinski definition) is 0. The Balaban J connectivity index is 1.88. The highest BCUT2D eigenvalue weighted by atomic mass is 16.6. The summed E-state index contributed by atoms with van der Waals surface area (Å²) in [5.74, 6) is 0. The van der Waals surface area contributed by atoms with Crippen molar-refractivity contribution in [3.8, 4) is 24.3 Å². The van der Waals surface area contributed by atoms with Crippen molar-refractivity contribution in [1.82, 2.24) is 0 Å². The van der Waals surface area contributed by atoms with Gasteiger partial charge in [-0.2, -0.15) is 21.0 Å². The maximum atomic E-state index is 12.1. The number of nitriles is 4. The van der Waals surface area contributed by atoms with Crippen LogP contribution in [0.3, 0.4) is 0 Å². The molecule has 0 aromatic heterocycles. The van der Waals surface area contributed by atoms with Crippen molar-refractivity contribution in [3.63, 3.8) is 0 Å². The van der Waals surface area contributed by atoms with E-state index in [1.807, 2.05) is 24.3 Å². The molecule has 5 rings (SSSR count). The molecule has 0 saturated carbocycles. The van der Waals surface area contributed by atoms with Crippen molar-refractivity contribution >= 4 is 45.5 Å². The first-order valence-corrected chi connectivity index (χ1v) is 11.4. The van der Waals surface area contributed by atoms with Crippen LogP contribution in [-0.2, 0) is 0 Å². The van der Waals surface area contributed by atoms with Crippen molar-refractivity contribution < 1.29 is 9.85 Å². The van der Waals surface area contributed by atoms with Crippen LogP contribution in [0.4, 0.5) is 45.5 Å². The highest BCUT2D eigenvalue weighted by Gasteiger charge is 2.36. The molecular formula is C28H12N8O4. The molecule has 0 saturated heterocycles. The predicted molar refractivity (Wildman–Crippen MR) is 142 cm³/mol. The number of anilines is 6. The second-order valence-corrected chi connectivity index (χ2v) is 8.38. The van der Waals surface area contributed by atoms with Gasteiger partial charge in [0.1, 0.15) is 35.7 Å². The van der Waals surface area contributed by atoms with E-state index in [4.69, 9.17) is 0 Å². The third-order valence-corrected chi connectivity index (χ3v) is 6.31. The van der Waals surface area contributed by atoms with E-state index < -0.39 is 21.2 Å². The Labute approximate surface area is 225 Å². The first-order valence-electron chi connectivity index (χ1n) is 11.4. The number of rotatable bonds is 4. The number of para-hydroxylation sites is 4. The van der Waals surface area contributed by atoms with Gasteiger partial charge in [0.25, 0.3) is 11.4 Å². The van der Waals surface area contributed by atoms with Crippen molar-refractivity contribution in [2.75, 3.05) is 9.80 Å². The van der Waals surface area contributed by atoms with Crippen molar-refractivity contribution in [3.05, 3.63) is 115 Å². The van der Waals surface area contributed by atoms with Crippen LogP contribution in [-0.4, -0.2) is 9.85 Å². The average molecular weight is 524 g/mol. The van der Waals surface area contributed by atoms with E-state index in [0.29, 0.717) is 22.7 Å². The number of hydrogen-bond acceptors (Lipinski definition) is 10. The van der Waals surface area contributed by atoms with Crippen molar-refractivity contribution in [2.45, 2.75) is 0 Å². The minimum Gasteiger partial charge on any atom is -0.300 e. The Morgan fingerprint density at radius 3 is 1.02 bits per heavy atom. The summed E-state index contributed by atoms with van der Waals surface area (Å²) in [5.41, 5.74) is 0.193. The topological polar surface area (TPSA) is 188 Å². The molecule has 4 aromatic carbocycles. The van der Waals surface area contributed by atoms with E-state index >= 15 is 0 Å². The normalized spacial score (nSPS) is 11.2. The predicted octanol–water partition coefficient (Wildman–Crippen LogP) is 6.24. The van der Waals surface area contributed by atoms with Gasteiger partial charge >= 0.3 is 0 Å². The molecule has 0 spiro atoms. The Bertz CT molecular complexity index is 1760. The van der Waals surface area contributed by atoms with E-state index in [1.54, 1.807) is 58.3 Å². The van der Waals surface area contributed by atoms with Gasteiger partial charge in [-0.15, -0.1) is 0 Å². The van der Waals surface area contributed by atoms with Crippen LogP contribution < -0.4 is 9.80 Å². The summed E-state index contributed by atoms with van der Waals surface area (Å²) in [6, 6.07) is 25.3. The molecular weight excluding hydrogens is 512 g/mol. The molecule has 1 aliphatic heterocycles. The maximum absolute atomic E-state index is 12.1. The summed E-state index contributed by atoms with van der Waals surface area (Å²) in [7, 11) is 0. The summed E-state index contributed by atoms with van der Waals surface area (Å²) >= 11 is 0. The summed E-state index contributed by atoms with van der Waals surface area (Å²) in [4.78, 5) is 26.1. The van der Waals surface area contributed by atoms with Gasteiger partial charge in [-0.05, 0) is 36.4 Å². The number of nitrogens with zero attached hydrogens (tertiary/aromatic N) is 8. The van der Waals surface area contributed by atoms with Crippen LogP contribution in [0.5, 0.6) is 0 Å². The summed E-state index contributed by atoms with van der Waals surface area (Å²) in [6.07, 6.45) is 0. The number of fused-ring (bicyclic) bond motifs is 2. The summed E-state index contributed by atoms with van der Waals surface area (Å²) < 4.78 is 0. The van der Waals surface area contributed by atoms with Gasteiger partial charge in [-0.25, -0.2) is 0 Å². The van der Waals surface area contributed by atoms with Crippen LogP contribution in [0.15, 0.2) is 72.8 Å². The van der Waals surface area contributed by atoms with Gasteiger partial charge in [0.2, 0.25) is 0 Å². The molecule has 0 bridgehead atoms. The van der Waals surface area contributed by atoms with Gasteiger partial charge in [-0.3, -0.25) is 20.2 Å². The van der Waals surface area contributed by atoms with Gasteiger partial charge in [0.15, 0.2) is 0 Å². The van der Waals surface area contributed by atoms with Crippen LogP contribution in [0, 0.1) is 65.6 Å². The third kappa shape index (κ3) is 3.75. The number of nitro groups is 2. The van der Waals surface area contributed by atoms with Crippen LogP contribution in [0.1, 0.15) is 22.3 Å². The molecule has 188 valence electrons. The lowest BCUT2D eigenvalue weighted by Crippen LogP contribution is -2.25. The SMILES string of the molecule is N#Cc1cc(N2c3ccccc3N(c3cc(C#N)c(C#N)cc3[N+](=O)[O-])c3ccccc32)c([N+](=O)[O-])cc1C#N. The van der Waals surface area contributed by atoms with Gasteiger partial charge in [0, 0.05) is 12.1 Å². The molecule has 40 heavy (non-hydrogen) atoms. The molecule has 0 radical (unpaired) electrons. The minimum atomic E-state index is -0.653. The highest BCUT2D eigenvalue weighted by molar-refractivity contribution is 6.04. The highest BCUT2D eigenvalue weighted by Crippen LogP contribution is 2.56. The molecule has 1 aliphatic rings. The summed E-state index contributed by atoms with van der Waals surface area (Å²) in [6.45, 7) is 0. The Hall–Kier alpha value is -6.76. The standard InChI is InChI=1S/C28H12N8O4/c29-13-17-9-25(27(35(37)38)11-19(17)15-31)33-21-5-1-2-6-22(21)34(24-8-4-3-7-23(24)33)26-10-18(14-30)20(16-32)12-28(26)36(39)40/h1-12H. The van der Waals surface area contributed by atoms with Gasteiger partial charge in [-0.1, -0.05) is 24.3 Å². The lowest BCUT2D eigenvalue weighted by Gasteiger charge is -2.39. The fraction of sp³-hybridized carbons (Fsp3) is 0.